The molecule has 0 spiro atoms. The first-order valence-corrected chi connectivity index (χ1v) is 8.74. The molecule has 1 aliphatic carbocycles. The molecule has 3 rings (SSSR count). The van der Waals surface area contributed by atoms with Gasteiger partial charge in [-0.1, -0.05) is 57.5 Å². The van der Waals surface area contributed by atoms with Gasteiger partial charge in [0.2, 0.25) is 0 Å². The average molecular weight is 310 g/mol. The van der Waals surface area contributed by atoms with Crippen LogP contribution in [0.4, 0.5) is 0 Å². The zero-order chi connectivity index (χ0) is 16.4. The highest BCUT2D eigenvalue weighted by Crippen LogP contribution is 2.35. The summed E-state index contributed by atoms with van der Waals surface area (Å²) in [4.78, 5) is 12.6. The largest absolute Gasteiger partial charge is 0.458 e. The Kier molecular flexibility index (Phi) is 4.70. The Balaban J connectivity index is 1.78. The Labute approximate surface area is 138 Å². The van der Waals surface area contributed by atoms with Gasteiger partial charge in [-0.3, -0.25) is 0 Å². The average Bonchev–Trinajstić information content (AvgIpc) is 2.54. The van der Waals surface area contributed by atoms with Gasteiger partial charge in [0.05, 0.1) is 5.56 Å². The molecule has 0 saturated heterocycles. The number of carbonyl (C=O) groups is 1. The van der Waals surface area contributed by atoms with Gasteiger partial charge < -0.3 is 4.74 Å². The molecule has 1 fully saturated rings. The molecule has 1 saturated carbocycles. The van der Waals surface area contributed by atoms with E-state index < -0.39 is 0 Å². The number of hydrogen-bond acceptors (Lipinski definition) is 2. The second kappa shape index (κ2) is 6.74. The van der Waals surface area contributed by atoms with E-state index in [9.17, 15) is 4.79 Å². The molecule has 23 heavy (non-hydrogen) atoms. The summed E-state index contributed by atoms with van der Waals surface area (Å²) >= 11 is 0. The fourth-order valence-corrected chi connectivity index (χ4v) is 3.77. The predicted octanol–water partition coefficient (Wildman–Crippen LogP) is 5.46. The molecule has 2 nitrogen and oxygen atoms in total. The van der Waals surface area contributed by atoms with Crippen molar-refractivity contribution < 1.29 is 9.53 Å². The molecular formula is C21H26O2. The molecule has 0 bridgehead atoms. The number of benzene rings is 2. The zero-order valence-corrected chi connectivity index (χ0v) is 14.3. The van der Waals surface area contributed by atoms with Crippen LogP contribution in [0, 0.1) is 17.8 Å². The van der Waals surface area contributed by atoms with Crippen LogP contribution in [0.2, 0.25) is 0 Å². The van der Waals surface area contributed by atoms with Crippen molar-refractivity contribution in [3.05, 3.63) is 48.0 Å². The highest BCUT2D eigenvalue weighted by molar-refractivity contribution is 5.95. The van der Waals surface area contributed by atoms with Crippen molar-refractivity contribution in [2.45, 2.75) is 46.1 Å². The van der Waals surface area contributed by atoms with E-state index >= 15 is 0 Å². The Bertz CT molecular complexity index is 689. The normalized spacial score (nSPS) is 24.8. The lowest BCUT2D eigenvalue weighted by Crippen LogP contribution is -2.35. The van der Waals surface area contributed by atoms with Crippen LogP contribution in [0.25, 0.3) is 10.8 Å². The minimum absolute atomic E-state index is 0.0534. The summed E-state index contributed by atoms with van der Waals surface area (Å²) in [5.74, 6) is 1.49. The van der Waals surface area contributed by atoms with Crippen molar-refractivity contribution in [1.29, 1.82) is 0 Å². The monoisotopic (exact) mass is 310 g/mol. The standard InChI is InChI=1S/C21H26O2/c1-14(2)19-11-8-15(3)12-20(19)23-21(22)18-10-9-16-6-4-5-7-17(16)13-18/h4-7,9-10,13-15,19-20H,8,11-12H2,1-3H3. The smallest absolute Gasteiger partial charge is 0.338 e. The molecule has 0 aromatic heterocycles. The number of esters is 1. The molecule has 3 unspecified atom stereocenters. The Hall–Kier alpha value is -1.83. The molecule has 0 heterocycles. The first-order valence-electron chi connectivity index (χ1n) is 8.74. The summed E-state index contributed by atoms with van der Waals surface area (Å²) in [6.45, 7) is 6.72. The number of hydrogen-bond donors (Lipinski definition) is 0. The molecule has 1 aliphatic rings. The summed E-state index contributed by atoms with van der Waals surface area (Å²) in [6, 6.07) is 13.9. The fourth-order valence-electron chi connectivity index (χ4n) is 3.77. The minimum atomic E-state index is -0.180. The molecule has 0 radical (unpaired) electrons. The van der Waals surface area contributed by atoms with Crippen LogP contribution in [0.5, 0.6) is 0 Å². The molecule has 0 amide bonds. The van der Waals surface area contributed by atoms with Crippen LogP contribution in [0.3, 0.4) is 0 Å². The molecule has 2 heteroatoms. The minimum Gasteiger partial charge on any atom is -0.458 e. The summed E-state index contributed by atoms with van der Waals surface area (Å²) < 4.78 is 5.93. The lowest BCUT2D eigenvalue weighted by atomic mass is 9.75. The quantitative estimate of drug-likeness (QED) is 0.704. The highest BCUT2D eigenvalue weighted by Gasteiger charge is 2.33. The lowest BCUT2D eigenvalue weighted by molar-refractivity contribution is -0.0173. The number of carbonyl (C=O) groups excluding carboxylic acids is 1. The summed E-state index contributed by atoms with van der Waals surface area (Å²) in [6.07, 6.45) is 3.45. The van der Waals surface area contributed by atoms with Crippen molar-refractivity contribution in [2.75, 3.05) is 0 Å². The third kappa shape index (κ3) is 3.57. The Morgan fingerprint density at radius 3 is 2.57 bits per heavy atom. The van der Waals surface area contributed by atoms with E-state index in [0.29, 0.717) is 23.3 Å². The van der Waals surface area contributed by atoms with Crippen LogP contribution in [0.15, 0.2) is 42.5 Å². The Morgan fingerprint density at radius 2 is 1.83 bits per heavy atom. The van der Waals surface area contributed by atoms with Crippen molar-refractivity contribution in [1.82, 2.24) is 0 Å². The second-order valence-electron chi connectivity index (χ2n) is 7.33. The lowest BCUT2D eigenvalue weighted by Gasteiger charge is -2.36. The second-order valence-corrected chi connectivity index (χ2v) is 7.33. The van der Waals surface area contributed by atoms with Gasteiger partial charge in [0, 0.05) is 0 Å². The van der Waals surface area contributed by atoms with Crippen LogP contribution in [-0.4, -0.2) is 12.1 Å². The van der Waals surface area contributed by atoms with Crippen LogP contribution in [-0.2, 0) is 4.74 Å². The van der Waals surface area contributed by atoms with Gasteiger partial charge in [0.25, 0.3) is 0 Å². The summed E-state index contributed by atoms with van der Waals surface area (Å²) in [5.41, 5.74) is 0.657. The van der Waals surface area contributed by atoms with E-state index in [4.69, 9.17) is 4.74 Å². The van der Waals surface area contributed by atoms with Gasteiger partial charge in [-0.25, -0.2) is 4.79 Å². The molecule has 2 aromatic carbocycles. The van der Waals surface area contributed by atoms with Crippen molar-refractivity contribution in [3.8, 4) is 0 Å². The van der Waals surface area contributed by atoms with Crippen molar-refractivity contribution in [3.63, 3.8) is 0 Å². The number of fused-ring (bicyclic) bond motifs is 1. The van der Waals surface area contributed by atoms with Crippen LogP contribution >= 0.6 is 0 Å². The van der Waals surface area contributed by atoms with E-state index in [1.165, 1.54) is 6.42 Å². The SMILES string of the molecule is CC1CCC(C(C)C)C(OC(=O)c2ccc3ccccc3c2)C1. The summed E-state index contributed by atoms with van der Waals surface area (Å²) in [7, 11) is 0. The summed E-state index contributed by atoms with van der Waals surface area (Å²) in [5, 5.41) is 2.23. The highest BCUT2D eigenvalue weighted by atomic mass is 16.5. The molecule has 122 valence electrons. The van der Waals surface area contributed by atoms with Crippen molar-refractivity contribution in [2.24, 2.45) is 17.8 Å². The predicted molar refractivity (Wildman–Crippen MR) is 94.5 cm³/mol. The van der Waals surface area contributed by atoms with Crippen LogP contribution < -0.4 is 0 Å². The van der Waals surface area contributed by atoms with Gasteiger partial charge in [0.15, 0.2) is 0 Å². The first-order chi connectivity index (χ1) is 11.0. The van der Waals surface area contributed by atoms with Gasteiger partial charge in [0.1, 0.15) is 6.10 Å². The maximum absolute atomic E-state index is 12.6. The van der Waals surface area contributed by atoms with E-state index in [1.54, 1.807) is 0 Å². The third-order valence-corrected chi connectivity index (χ3v) is 5.20. The molecule has 0 N–H and O–H groups in total. The first kappa shape index (κ1) is 16.0. The maximum atomic E-state index is 12.6. The van der Waals surface area contributed by atoms with Crippen molar-refractivity contribution >= 4 is 16.7 Å². The van der Waals surface area contributed by atoms with E-state index in [-0.39, 0.29) is 12.1 Å². The molecular weight excluding hydrogens is 284 g/mol. The third-order valence-electron chi connectivity index (χ3n) is 5.20. The molecule has 0 aliphatic heterocycles. The number of rotatable bonds is 3. The van der Waals surface area contributed by atoms with E-state index in [1.807, 2.05) is 36.4 Å². The van der Waals surface area contributed by atoms with Gasteiger partial charge in [-0.15, -0.1) is 0 Å². The van der Waals surface area contributed by atoms with Gasteiger partial charge >= 0.3 is 5.97 Å². The fraction of sp³-hybridized carbons (Fsp3) is 0.476. The topological polar surface area (TPSA) is 26.3 Å². The number of ether oxygens (including phenoxy) is 1. The van der Waals surface area contributed by atoms with Gasteiger partial charge in [-0.05, 0) is 53.5 Å². The van der Waals surface area contributed by atoms with Crippen LogP contribution in [0.1, 0.15) is 50.4 Å². The Morgan fingerprint density at radius 1 is 1.09 bits per heavy atom. The van der Waals surface area contributed by atoms with E-state index in [2.05, 4.69) is 26.8 Å². The molecule has 2 aromatic rings. The maximum Gasteiger partial charge on any atom is 0.338 e. The van der Waals surface area contributed by atoms with E-state index in [0.717, 1.165) is 23.6 Å². The molecule has 3 atom stereocenters. The zero-order valence-electron chi connectivity index (χ0n) is 14.3. The van der Waals surface area contributed by atoms with Gasteiger partial charge in [-0.2, -0.15) is 0 Å².